The fraction of sp³-hybridized carbons (Fsp3) is 0.562. The lowest BCUT2D eigenvalue weighted by Gasteiger charge is -2.10. The fourth-order valence-electron chi connectivity index (χ4n) is 1.72. The molecule has 0 saturated heterocycles. The second-order valence-electron chi connectivity index (χ2n) is 4.78. The molecule has 3 N–H and O–H groups in total. The summed E-state index contributed by atoms with van der Waals surface area (Å²) < 4.78 is 11.0. The van der Waals surface area contributed by atoms with Gasteiger partial charge in [0, 0.05) is 24.8 Å². The van der Waals surface area contributed by atoms with E-state index in [0.717, 1.165) is 30.9 Å². The Morgan fingerprint density at radius 3 is 2.82 bits per heavy atom. The van der Waals surface area contributed by atoms with Gasteiger partial charge in [-0.3, -0.25) is 4.79 Å². The zero-order valence-corrected chi connectivity index (χ0v) is 13.1. The summed E-state index contributed by atoms with van der Waals surface area (Å²) in [6, 6.07) is 7.85. The highest BCUT2D eigenvalue weighted by Crippen LogP contribution is 2.17. The third-order valence-electron chi connectivity index (χ3n) is 2.89. The molecule has 6 heteroatoms. The van der Waals surface area contributed by atoms with Crippen molar-refractivity contribution < 1.29 is 19.4 Å². The van der Waals surface area contributed by atoms with Crippen LogP contribution in [0, 0.1) is 0 Å². The maximum Gasteiger partial charge on any atom is 0.245 e. The van der Waals surface area contributed by atoms with E-state index in [2.05, 4.69) is 17.6 Å². The molecule has 124 valence electrons. The summed E-state index contributed by atoms with van der Waals surface area (Å²) in [6.07, 6.45) is 2.17. The van der Waals surface area contributed by atoms with Crippen LogP contribution in [0.15, 0.2) is 24.3 Å². The van der Waals surface area contributed by atoms with Crippen molar-refractivity contribution in [3.8, 4) is 5.75 Å². The van der Waals surface area contributed by atoms with E-state index in [9.17, 15) is 4.79 Å². The molecule has 1 aromatic carbocycles. The minimum Gasteiger partial charge on any atom is -0.494 e. The molecule has 22 heavy (non-hydrogen) atoms. The molecule has 0 saturated carbocycles. The molecule has 6 nitrogen and oxygen atoms in total. The molecule has 0 unspecified atom stereocenters. The molecule has 1 amide bonds. The standard InChI is InChI=1S/C16H26N2O4/c1-2-3-9-22-15-6-4-5-14(12-15)17-7-10-21-11-8-18-16(20)13-19/h4-6,12,17,19H,2-3,7-11,13H2,1H3,(H,18,20). The summed E-state index contributed by atoms with van der Waals surface area (Å²) in [5, 5.41) is 14.3. The Bertz CT molecular complexity index is 426. The highest BCUT2D eigenvalue weighted by Gasteiger charge is 1.98. The zero-order valence-electron chi connectivity index (χ0n) is 13.1. The molecule has 0 aromatic heterocycles. The predicted octanol–water partition coefficient (Wildman–Crippen LogP) is 1.40. The lowest BCUT2D eigenvalue weighted by Crippen LogP contribution is -2.29. The average Bonchev–Trinajstić information content (AvgIpc) is 2.54. The molecule has 0 aliphatic rings. The van der Waals surface area contributed by atoms with E-state index >= 15 is 0 Å². The van der Waals surface area contributed by atoms with Crippen molar-refractivity contribution in [2.75, 3.05) is 44.8 Å². The molecule has 1 rings (SSSR count). The Labute approximate surface area is 131 Å². The van der Waals surface area contributed by atoms with Gasteiger partial charge >= 0.3 is 0 Å². The molecular weight excluding hydrogens is 284 g/mol. The molecular formula is C16H26N2O4. The van der Waals surface area contributed by atoms with Crippen LogP contribution in [0.4, 0.5) is 5.69 Å². The smallest absolute Gasteiger partial charge is 0.245 e. The lowest BCUT2D eigenvalue weighted by atomic mass is 10.3. The van der Waals surface area contributed by atoms with E-state index in [1.54, 1.807) is 0 Å². The van der Waals surface area contributed by atoms with E-state index in [1.165, 1.54) is 0 Å². The van der Waals surface area contributed by atoms with Crippen LogP contribution in [0.3, 0.4) is 0 Å². The van der Waals surface area contributed by atoms with E-state index in [0.29, 0.717) is 26.3 Å². The minimum absolute atomic E-state index is 0.387. The molecule has 0 fully saturated rings. The molecule has 0 atom stereocenters. The zero-order chi connectivity index (χ0) is 16.0. The maximum absolute atomic E-state index is 10.8. The number of carbonyl (C=O) groups is 1. The number of ether oxygens (including phenoxy) is 2. The number of benzene rings is 1. The monoisotopic (exact) mass is 310 g/mol. The summed E-state index contributed by atoms with van der Waals surface area (Å²) >= 11 is 0. The summed E-state index contributed by atoms with van der Waals surface area (Å²) in [7, 11) is 0. The van der Waals surface area contributed by atoms with Gasteiger partial charge in [-0.05, 0) is 18.6 Å². The predicted molar refractivity (Wildman–Crippen MR) is 86.2 cm³/mol. The number of carbonyl (C=O) groups excluding carboxylic acids is 1. The van der Waals surface area contributed by atoms with Crippen LogP contribution >= 0.6 is 0 Å². The van der Waals surface area contributed by atoms with Crippen LogP contribution in [-0.2, 0) is 9.53 Å². The van der Waals surface area contributed by atoms with Gasteiger partial charge < -0.3 is 25.2 Å². The number of hydrogen-bond acceptors (Lipinski definition) is 5. The first-order valence-electron chi connectivity index (χ1n) is 7.68. The number of anilines is 1. The molecule has 1 aromatic rings. The number of aliphatic hydroxyl groups excluding tert-OH is 1. The molecule has 0 heterocycles. The Balaban J connectivity index is 2.11. The van der Waals surface area contributed by atoms with Gasteiger partial charge in [0.15, 0.2) is 0 Å². The van der Waals surface area contributed by atoms with Crippen LogP contribution in [0.2, 0.25) is 0 Å². The van der Waals surface area contributed by atoms with Crippen molar-refractivity contribution in [3.05, 3.63) is 24.3 Å². The third-order valence-corrected chi connectivity index (χ3v) is 2.89. The van der Waals surface area contributed by atoms with E-state index in [4.69, 9.17) is 14.6 Å². The second kappa shape index (κ2) is 11.8. The van der Waals surface area contributed by atoms with Crippen LogP contribution in [0.25, 0.3) is 0 Å². The van der Waals surface area contributed by atoms with Crippen molar-refractivity contribution in [1.82, 2.24) is 5.32 Å². The fourth-order valence-corrected chi connectivity index (χ4v) is 1.72. The van der Waals surface area contributed by atoms with Gasteiger partial charge in [-0.1, -0.05) is 19.4 Å². The first kappa shape index (κ1) is 18.3. The third kappa shape index (κ3) is 8.49. The quantitative estimate of drug-likeness (QED) is 0.509. The number of amides is 1. The lowest BCUT2D eigenvalue weighted by molar-refractivity contribution is -0.124. The first-order chi connectivity index (χ1) is 10.8. The Kier molecular flexibility index (Phi) is 9.81. The maximum atomic E-state index is 10.8. The second-order valence-corrected chi connectivity index (χ2v) is 4.78. The Hall–Kier alpha value is -1.79. The summed E-state index contributed by atoms with van der Waals surface area (Å²) in [6.45, 7) is 4.42. The molecule has 0 radical (unpaired) electrons. The van der Waals surface area contributed by atoms with Gasteiger partial charge in [-0.15, -0.1) is 0 Å². The van der Waals surface area contributed by atoms with Crippen LogP contribution in [0.1, 0.15) is 19.8 Å². The van der Waals surface area contributed by atoms with Gasteiger partial charge in [-0.2, -0.15) is 0 Å². The van der Waals surface area contributed by atoms with Crippen molar-refractivity contribution in [3.63, 3.8) is 0 Å². The van der Waals surface area contributed by atoms with Crippen LogP contribution < -0.4 is 15.4 Å². The Morgan fingerprint density at radius 1 is 1.23 bits per heavy atom. The van der Waals surface area contributed by atoms with Gasteiger partial charge in [0.05, 0.1) is 19.8 Å². The molecule has 0 aliphatic carbocycles. The summed E-state index contributed by atoms with van der Waals surface area (Å²) in [4.78, 5) is 10.8. The van der Waals surface area contributed by atoms with Gasteiger partial charge in [0.25, 0.3) is 0 Å². The van der Waals surface area contributed by atoms with Crippen LogP contribution in [0.5, 0.6) is 5.75 Å². The first-order valence-corrected chi connectivity index (χ1v) is 7.68. The summed E-state index contributed by atoms with van der Waals surface area (Å²) in [5.74, 6) is 0.479. The number of rotatable bonds is 12. The number of unbranched alkanes of at least 4 members (excludes halogenated alkanes) is 1. The minimum atomic E-state index is -0.488. The molecule has 0 spiro atoms. The molecule has 0 bridgehead atoms. The normalized spacial score (nSPS) is 10.3. The average molecular weight is 310 g/mol. The van der Waals surface area contributed by atoms with Gasteiger partial charge in [-0.25, -0.2) is 0 Å². The van der Waals surface area contributed by atoms with Gasteiger partial charge in [0.2, 0.25) is 5.91 Å². The largest absolute Gasteiger partial charge is 0.494 e. The number of hydrogen-bond donors (Lipinski definition) is 3. The summed E-state index contributed by atoms with van der Waals surface area (Å²) in [5.41, 5.74) is 0.992. The highest BCUT2D eigenvalue weighted by molar-refractivity contribution is 5.76. The Morgan fingerprint density at radius 2 is 2.05 bits per heavy atom. The molecule has 0 aliphatic heterocycles. The van der Waals surface area contributed by atoms with Crippen LogP contribution in [-0.4, -0.2) is 50.5 Å². The van der Waals surface area contributed by atoms with E-state index in [1.807, 2.05) is 24.3 Å². The SMILES string of the molecule is CCCCOc1cccc(NCCOCCNC(=O)CO)c1. The van der Waals surface area contributed by atoms with Crippen molar-refractivity contribution in [2.45, 2.75) is 19.8 Å². The van der Waals surface area contributed by atoms with Crippen molar-refractivity contribution in [1.29, 1.82) is 0 Å². The van der Waals surface area contributed by atoms with E-state index in [-0.39, 0.29) is 5.91 Å². The number of aliphatic hydroxyl groups is 1. The van der Waals surface area contributed by atoms with Crippen molar-refractivity contribution >= 4 is 11.6 Å². The van der Waals surface area contributed by atoms with E-state index < -0.39 is 6.61 Å². The number of nitrogens with one attached hydrogen (secondary N) is 2. The van der Waals surface area contributed by atoms with Crippen molar-refractivity contribution in [2.24, 2.45) is 0 Å². The highest BCUT2D eigenvalue weighted by atomic mass is 16.5. The van der Waals surface area contributed by atoms with Gasteiger partial charge in [0.1, 0.15) is 12.4 Å². The topological polar surface area (TPSA) is 79.8 Å².